The van der Waals surface area contributed by atoms with Crippen LogP contribution in [0.3, 0.4) is 0 Å². The van der Waals surface area contributed by atoms with Gasteiger partial charge in [0.1, 0.15) is 18.1 Å². The van der Waals surface area contributed by atoms with Gasteiger partial charge in [-0.25, -0.2) is 4.39 Å². The highest BCUT2D eigenvalue weighted by atomic mass is 19.1. The van der Waals surface area contributed by atoms with Gasteiger partial charge in [-0.2, -0.15) is 0 Å². The first-order valence-electron chi connectivity index (χ1n) is 7.26. The van der Waals surface area contributed by atoms with Gasteiger partial charge < -0.3 is 14.6 Å². The molecule has 0 bridgehead atoms. The summed E-state index contributed by atoms with van der Waals surface area (Å²) in [4.78, 5) is 12.3. The average Bonchev–Trinajstić information content (AvgIpc) is 2.89. The highest BCUT2D eigenvalue weighted by molar-refractivity contribution is 5.93. The van der Waals surface area contributed by atoms with Gasteiger partial charge in [0.2, 0.25) is 5.91 Å². The van der Waals surface area contributed by atoms with Crippen molar-refractivity contribution in [2.75, 3.05) is 12.4 Å². The van der Waals surface area contributed by atoms with E-state index in [-0.39, 0.29) is 18.3 Å². The molecule has 4 nitrogen and oxygen atoms in total. The van der Waals surface area contributed by atoms with E-state index >= 15 is 0 Å². The minimum absolute atomic E-state index is 0.145. The lowest BCUT2D eigenvalue weighted by atomic mass is 10.2. The van der Waals surface area contributed by atoms with Crippen LogP contribution >= 0.6 is 0 Å². The van der Waals surface area contributed by atoms with E-state index in [1.54, 1.807) is 30.0 Å². The molecule has 0 saturated carbocycles. The summed E-state index contributed by atoms with van der Waals surface area (Å²) >= 11 is 0. The number of anilines is 1. The van der Waals surface area contributed by atoms with Crippen molar-refractivity contribution in [3.8, 4) is 5.75 Å². The number of halogens is 1. The fourth-order valence-corrected chi connectivity index (χ4v) is 2.57. The number of ether oxygens (including phenoxy) is 1. The smallest absolute Gasteiger partial charge is 0.244 e. The Morgan fingerprint density at radius 1 is 1.22 bits per heavy atom. The lowest BCUT2D eigenvalue weighted by Crippen LogP contribution is -2.18. The van der Waals surface area contributed by atoms with Crippen molar-refractivity contribution >= 4 is 22.5 Å². The molecule has 1 N–H and O–H groups in total. The molecular formula is C18H17FN2O2. The molecule has 0 aliphatic carbocycles. The van der Waals surface area contributed by atoms with Crippen molar-refractivity contribution in [1.29, 1.82) is 0 Å². The molecule has 0 saturated heterocycles. The molecule has 118 valence electrons. The molecule has 1 amide bonds. The highest BCUT2D eigenvalue weighted by Gasteiger charge is 2.10. The number of nitrogens with one attached hydrogen (secondary N) is 1. The number of aromatic nitrogens is 1. The summed E-state index contributed by atoms with van der Waals surface area (Å²) in [6.07, 6.45) is 1.77. The molecule has 1 aromatic heterocycles. The first-order chi connectivity index (χ1) is 11.1. The molecule has 23 heavy (non-hydrogen) atoms. The van der Waals surface area contributed by atoms with E-state index in [1.165, 1.54) is 12.1 Å². The summed E-state index contributed by atoms with van der Waals surface area (Å²) in [5.74, 6) is 0.156. The minimum atomic E-state index is -0.288. The molecule has 2 aromatic carbocycles. The van der Waals surface area contributed by atoms with E-state index in [9.17, 15) is 9.18 Å². The van der Waals surface area contributed by atoms with Gasteiger partial charge in [-0.05, 0) is 48.9 Å². The molecule has 1 heterocycles. The van der Waals surface area contributed by atoms with Crippen LogP contribution in [0.15, 0.2) is 48.7 Å². The van der Waals surface area contributed by atoms with Crippen molar-refractivity contribution in [1.82, 2.24) is 4.57 Å². The van der Waals surface area contributed by atoms with Crippen LogP contribution in [-0.2, 0) is 11.3 Å². The van der Waals surface area contributed by atoms with Crippen molar-refractivity contribution in [2.45, 2.75) is 13.5 Å². The molecule has 0 spiro atoms. The number of hydrogen-bond acceptors (Lipinski definition) is 2. The van der Waals surface area contributed by atoms with Gasteiger partial charge in [0, 0.05) is 17.1 Å². The second-order valence-corrected chi connectivity index (χ2v) is 5.40. The van der Waals surface area contributed by atoms with Crippen molar-refractivity contribution in [3.05, 3.63) is 60.0 Å². The number of carbonyl (C=O) groups excluding carboxylic acids is 1. The topological polar surface area (TPSA) is 43.3 Å². The van der Waals surface area contributed by atoms with Gasteiger partial charge in [0.15, 0.2) is 0 Å². The Labute approximate surface area is 133 Å². The van der Waals surface area contributed by atoms with E-state index in [4.69, 9.17) is 4.74 Å². The summed E-state index contributed by atoms with van der Waals surface area (Å²) in [7, 11) is 1.56. The Hall–Kier alpha value is -2.82. The van der Waals surface area contributed by atoms with Crippen LogP contribution < -0.4 is 10.1 Å². The number of carbonyl (C=O) groups is 1. The standard InChI is InChI=1S/C18H17FN2O2/c1-12-3-6-17(23-2)15(9-12)20-18(22)11-21-8-7-13-10-14(19)4-5-16(13)21/h3-10H,11H2,1-2H3,(H,20,22). The molecule has 0 aliphatic heterocycles. The van der Waals surface area contributed by atoms with Crippen LogP contribution in [0, 0.1) is 12.7 Å². The summed E-state index contributed by atoms with van der Waals surface area (Å²) in [6, 6.07) is 11.9. The average molecular weight is 312 g/mol. The van der Waals surface area contributed by atoms with E-state index in [0.29, 0.717) is 11.4 Å². The number of hydrogen-bond donors (Lipinski definition) is 1. The van der Waals surface area contributed by atoms with Gasteiger partial charge in [0.05, 0.1) is 12.8 Å². The zero-order chi connectivity index (χ0) is 16.4. The predicted molar refractivity (Wildman–Crippen MR) is 88.3 cm³/mol. The number of methoxy groups -OCH3 is 1. The van der Waals surface area contributed by atoms with Crippen molar-refractivity contribution in [3.63, 3.8) is 0 Å². The number of amides is 1. The van der Waals surface area contributed by atoms with Gasteiger partial charge >= 0.3 is 0 Å². The molecular weight excluding hydrogens is 295 g/mol. The second kappa shape index (κ2) is 6.12. The molecule has 5 heteroatoms. The normalized spacial score (nSPS) is 10.7. The quantitative estimate of drug-likeness (QED) is 0.797. The maximum absolute atomic E-state index is 13.2. The summed E-state index contributed by atoms with van der Waals surface area (Å²) in [6.45, 7) is 2.09. The maximum atomic E-state index is 13.2. The van der Waals surface area contributed by atoms with Crippen LogP contribution in [0.2, 0.25) is 0 Å². The van der Waals surface area contributed by atoms with Gasteiger partial charge in [-0.15, -0.1) is 0 Å². The highest BCUT2D eigenvalue weighted by Crippen LogP contribution is 2.25. The first-order valence-corrected chi connectivity index (χ1v) is 7.26. The van der Waals surface area contributed by atoms with E-state index < -0.39 is 0 Å². The van der Waals surface area contributed by atoms with Crippen molar-refractivity contribution < 1.29 is 13.9 Å². The van der Waals surface area contributed by atoms with Crippen LogP contribution in [0.25, 0.3) is 10.9 Å². The van der Waals surface area contributed by atoms with Crippen LogP contribution in [-0.4, -0.2) is 17.6 Å². The van der Waals surface area contributed by atoms with Crippen LogP contribution in [0.1, 0.15) is 5.56 Å². The number of benzene rings is 2. The number of nitrogens with zero attached hydrogens (tertiary/aromatic N) is 1. The monoisotopic (exact) mass is 312 g/mol. The molecule has 3 rings (SSSR count). The fraction of sp³-hybridized carbons (Fsp3) is 0.167. The van der Waals surface area contributed by atoms with Gasteiger partial charge in [-0.1, -0.05) is 6.07 Å². The summed E-state index contributed by atoms with van der Waals surface area (Å²) in [5.41, 5.74) is 2.49. The first kappa shape index (κ1) is 15.1. The van der Waals surface area contributed by atoms with E-state index in [0.717, 1.165) is 16.5 Å². The van der Waals surface area contributed by atoms with Gasteiger partial charge in [0.25, 0.3) is 0 Å². The molecule has 0 atom stereocenters. The Morgan fingerprint density at radius 2 is 2.04 bits per heavy atom. The third-order valence-corrected chi connectivity index (χ3v) is 3.68. The third kappa shape index (κ3) is 3.18. The third-order valence-electron chi connectivity index (χ3n) is 3.68. The van der Waals surface area contributed by atoms with Crippen LogP contribution in [0.5, 0.6) is 5.75 Å². The second-order valence-electron chi connectivity index (χ2n) is 5.40. The number of rotatable bonds is 4. The Kier molecular flexibility index (Phi) is 4.02. The minimum Gasteiger partial charge on any atom is -0.495 e. The van der Waals surface area contributed by atoms with Gasteiger partial charge in [-0.3, -0.25) is 4.79 Å². The molecule has 0 unspecified atom stereocenters. The molecule has 0 radical (unpaired) electrons. The molecule has 3 aromatic rings. The Morgan fingerprint density at radius 3 is 2.83 bits per heavy atom. The van der Waals surface area contributed by atoms with Crippen molar-refractivity contribution in [2.24, 2.45) is 0 Å². The summed E-state index contributed by atoms with van der Waals surface area (Å²) < 4.78 is 20.3. The Balaban J connectivity index is 1.80. The molecule has 0 aliphatic rings. The number of fused-ring (bicyclic) bond motifs is 1. The number of aryl methyl sites for hydroxylation is 1. The SMILES string of the molecule is COc1ccc(C)cc1NC(=O)Cn1ccc2cc(F)ccc21. The fourth-order valence-electron chi connectivity index (χ4n) is 2.57. The van der Waals surface area contributed by atoms with E-state index in [1.807, 2.05) is 25.1 Å². The van der Waals surface area contributed by atoms with Crippen LogP contribution in [0.4, 0.5) is 10.1 Å². The lowest BCUT2D eigenvalue weighted by Gasteiger charge is -2.12. The zero-order valence-corrected chi connectivity index (χ0v) is 13.0. The predicted octanol–water partition coefficient (Wildman–Crippen LogP) is 3.74. The largest absolute Gasteiger partial charge is 0.495 e. The van der Waals surface area contributed by atoms with E-state index in [2.05, 4.69) is 5.32 Å². The Bertz CT molecular complexity index is 871. The maximum Gasteiger partial charge on any atom is 0.244 e. The lowest BCUT2D eigenvalue weighted by molar-refractivity contribution is -0.116. The molecule has 0 fully saturated rings. The zero-order valence-electron chi connectivity index (χ0n) is 13.0. The summed E-state index contributed by atoms with van der Waals surface area (Å²) in [5, 5.41) is 3.63.